The average molecular weight is 527 g/mol. The van der Waals surface area contributed by atoms with Crippen LogP contribution in [-0.4, -0.2) is 78.2 Å². The smallest absolute Gasteiger partial charge is 0.371 e. The number of benzene rings is 2. The number of hydrogen-bond acceptors (Lipinski definition) is 9. The Kier molecular flexibility index (Phi) is 9.00. The Morgan fingerprint density at radius 1 is 1.18 bits per heavy atom. The maximum absolute atomic E-state index is 12.7. The fourth-order valence-electron chi connectivity index (χ4n) is 4.31. The SMILES string of the molecule is [C-]#[N+]/C(C#N)=N/Nc1ccc(C2=NN(COC(=O)c3ccc(CN4CCN(C)CC4)cc3)C(=O)C[C@H]2C)cc1. The van der Waals surface area contributed by atoms with E-state index in [-0.39, 0.29) is 30.8 Å². The Hall–Kier alpha value is -4.58. The van der Waals surface area contributed by atoms with Crippen molar-refractivity contribution in [2.45, 2.75) is 19.9 Å². The average Bonchev–Trinajstić information content (AvgIpc) is 2.95. The first-order valence-electron chi connectivity index (χ1n) is 12.6. The summed E-state index contributed by atoms with van der Waals surface area (Å²) >= 11 is 0. The lowest BCUT2D eigenvalue weighted by Gasteiger charge is -2.32. The van der Waals surface area contributed by atoms with Gasteiger partial charge in [0.25, 0.3) is 0 Å². The second-order valence-corrected chi connectivity index (χ2v) is 9.57. The number of rotatable bonds is 8. The number of ether oxygens (including phenoxy) is 1. The lowest BCUT2D eigenvalue weighted by Crippen LogP contribution is -2.43. The maximum atomic E-state index is 12.7. The fraction of sp³-hybridized carbons (Fsp3) is 0.357. The third-order valence-electron chi connectivity index (χ3n) is 6.65. The molecule has 2 aromatic carbocycles. The molecule has 1 N–H and O–H groups in total. The van der Waals surface area contributed by atoms with Crippen molar-refractivity contribution in [2.75, 3.05) is 45.4 Å². The number of nitrogens with one attached hydrogen (secondary N) is 1. The molecule has 0 unspecified atom stereocenters. The van der Waals surface area contributed by atoms with Gasteiger partial charge in [-0.2, -0.15) is 10.1 Å². The third-order valence-corrected chi connectivity index (χ3v) is 6.65. The van der Waals surface area contributed by atoms with Gasteiger partial charge in [-0.1, -0.05) is 37.8 Å². The summed E-state index contributed by atoms with van der Waals surface area (Å²) < 4.78 is 5.42. The van der Waals surface area contributed by atoms with E-state index in [0.29, 0.717) is 17.0 Å². The zero-order chi connectivity index (χ0) is 27.8. The van der Waals surface area contributed by atoms with Crippen molar-refractivity contribution in [2.24, 2.45) is 16.1 Å². The molecule has 0 aliphatic carbocycles. The predicted molar refractivity (Wildman–Crippen MR) is 146 cm³/mol. The minimum Gasteiger partial charge on any atom is -0.439 e. The molecule has 2 aliphatic heterocycles. The number of esters is 1. The molecule has 2 heterocycles. The summed E-state index contributed by atoms with van der Waals surface area (Å²) in [5.41, 5.74) is 6.29. The molecule has 200 valence electrons. The Labute approximate surface area is 227 Å². The Bertz CT molecular complexity index is 1310. The van der Waals surface area contributed by atoms with E-state index < -0.39 is 5.97 Å². The van der Waals surface area contributed by atoms with Gasteiger partial charge in [0.1, 0.15) is 6.07 Å². The van der Waals surface area contributed by atoms with Crippen LogP contribution in [0.3, 0.4) is 0 Å². The molecule has 4 rings (SSSR count). The number of likely N-dealkylation sites (N-methyl/N-ethyl adjacent to an activating group) is 1. The highest BCUT2D eigenvalue weighted by Gasteiger charge is 2.28. The van der Waals surface area contributed by atoms with Crippen LogP contribution in [0.1, 0.15) is 34.8 Å². The Balaban J connectivity index is 1.35. The van der Waals surface area contributed by atoms with Crippen LogP contribution in [-0.2, 0) is 16.1 Å². The molecular formula is C28H30N8O3. The van der Waals surface area contributed by atoms with Crippen LogP contribution in [0.4, 0.5) is 5.69 Å². The number of nitriles is 1. The number of nitrogens with zero attached hydrogens (tertiary/aromatic N) is 7. The lowest BCUT2D eigenvalue weighted by atomic mass is 9.94. The number of amides is 1. The molecular weight excluding hydrogens is 496 g/mol. The van der Waals surface area contributed by atoms with E-state index in [2.05, 4.69) is 37.3 Å². The molecule has 1 atom stereocenters. The van der Waals surface area contributed by atoms with E-state index >= 15 is 0 Å². The molecule has 0 aromatic heterocycles. The highest BCUT2D eigenvalue weighted by molar-refractivity contribution is 6.06. The van der Waals surface area contributed by atoms with Crippen LogP contribution in [0, 0.1) is 23.8 Å². The zero-order valence-electron chi connectivity index (χ0n) is 22.0. The lowest BCUT2D eigenvalue weighted by molar-refractivity contribution is -0.136. The Morgan fingerprint density at radius 2 is 1.87 bits per heavy atom. The van der Waals surface area contributed by atoms with Crippen molar-refractivity contribution < 1.29 is 14.3 Å². The summed E-state index contributed by atoms with van der Waals surface area (Å²) in [6.07, 6.45) is 0.234. The van der Waals surface area contributed by atoms with E-state index in [0.717, 1.165) is 43.9 Å². The quantitative estimate of drug-likeness (QED) is 0.185. The number of amidine groups is 1. The molecule has 1 amide bonds. The van der Waals surface area contributed by atoms with E-state index in [1.807, 2.05) is 19.1 Å². The first kappa shape index (κ1) is 27.5. The van der Waals surface area contributed by atoms with Gasteiger partial charge in [0.2, 0.25) is 5.91 Å². The van der Waals surface area contributed by atoms with Gasteiger partial charge in [-0.25, -0.2) is 15.5 Å². The zero-order valence-corrected chi connectivity index (χ0v) is 22.0. The first-order chi connectivity index (χ1) is 18.9. The first-order valence-corrected chi connectivity index (χ1v) is 12.6. The number of anilines is 1. The van der Waals surface area contributed by atoms with Crippen molar-refractivity contribution in [1.29, 1.82) is 5.26 Å². The molecule has 0 bridgehead atoms. The summed E-state index contributed by atoms with van der Waals surface area (Å²) in [5.74, 6) is -1.16. The van der Waals surface area contributed by atoms with Gasteiger partial charge in [-0.15, -0.1) is 0 Å². The molecule has 11 heteroatoms. The number of hydrogen-bond donors (Lipinski definition) is 1. The largest absolute Gasteiger partial charge is 0.439 e. The third kappa shape index (κ3) is 7.26. The Morgan fingerprint density at radius 3 is 2.51 bits per heavy atom. The van der Waals surface area contributed by atoms with Crippen molar-refractivity contribution in [1.82, 2.24) is 14.8 Å². The predicted octanol–water partition coefficient (Wildman–Crippen LogP) is 2.99. The number of hydrazone groups is 2. The molecule has 2 aliphatic rings. The standard InChI is InChI=1S/C28H30N8O3/c1-20-16-26(37)36(33-27(20)22-8-10-24(11-9-22)31-32-25(17-29)30-2)19-39-28(38)23-6-4-21(5-7-23)18-35-14-12-34(3)13-15-35/h4-11,20,31H,12-16,18-19H2,1,3H3/b32-25+/t20-/m1/s1. The van der Waals surface area contributed by atoms with Crippen LogP contribution in [0.15, 0.2) is 58.7 Å². The van der Waals surface area contributed by atoms with Gasteiger partial charge in [-0.3, -0.25) is 9.69 Å². The summed E-state index contributed by atoms with van der Waals surface area (Å²) in [7, 11) is 2.13. The fourth-order valence-corrected chi connectivity index (χ4v) is 4.31. The van der Waals surface area contributed by atoms with Crippen LogP contribution in [0.2, 0.25) is 0 Å². The second kappa shape index (κ2) is 12.8. The van der Waals surface area contributed by atoms with Gasteiger partial charge < -0.3 is 14.5 Å². The second-order valence-electron chi connectivity index (χ2n) is 9.57. The molecule has 0 spiro atoms. The van der Waals surface area contributed by atoms with Crippen LogP contribution in [0.25, 0.3) is 4.85 Å². The number of piperazine rings is 1. The highest BCUT2D eigenvalue weighted by Crippen LogP contribution is 2.22. The highest BCUT2D eigenvalue weighted by atomic mass is 16.5. The number of carbonyl (C=O) groups is 2. The summed E-state index contributed by atoms with van der Waals surface area (Å²) in [6, 6.07) is 16.1. The van der Waals surface area contributed by atoms with Crippen molar-refractivity contribution in [3.8, 4) is 6.07 Å². The van der Waals surface area contributed by atoms with Crippen LogP contribution in [0.5, 0.6) is 0 Å². The van der Waals surface area contributed by atoms with Gasteiger partial charge in [0.05, 0.1) is 17.0 Å². The van der Waals surface area contributed by atoms with Crippen LogP contribution < -0.4 is 5.43 Å². The van der Waals surface area contributed by atoms with Crippen LogP contribution >= 0.6 is 0 Å². The van der Waals surface area contributed by atoms with Crippen molar-refractivity contribution >= 4 is 29.1 Å². The van der Waals surface area contributed by atoms with E-state index in [4.69, 9.17) is 16.6 Å². The summed E-state index contributed by atoms with van der Waals surface area (Å²) in [5, 5.41) is 18.2. The summed E-state index contributed by atoms with van der Waals surface area (Å²) in [6.45, 7) is 13.5. The minimum absolute atomic E-state index is 0.124. The topological polar surface area (TPSA) is 118 Å². The van der Waals surface area contributed by atoms with E-state index in [1.165, 1.54) is 5.01 Å². The molecule has 11 nitrogen and oxygen atoms in total. The molecule has 1 saturated heterocycles. The monoisotopic (exact) mass is 526 g/mol. The van der Waals surface area contributed by atoms with Gasteiger partial charge in [-0.05, 0) is 47.5 Å². The van der Waals surface area contributed by atoms with E-state index in [1.54, 1.807) is 42.5 Å². The van der Waals surface area contributed by atoms with E-state index in [9.17, 15) is 9.59 Å². The molecule has 1 fully saturated rings. The summed E-state index contributed by atoms with van der Waals surface area (Å²) in [4.78, 5) is 32.9. The molecule has 0 saturated carbocycles. The molecule has 2 aromatic rings. The molecule has 0 radical (unpaired) electrons. The maximum Gasteiger partial charge on any atom is 0.371 e. The van der Waals surface area contributed by atoms with Gasteiger partial charge >= 0.3 is 11.8 Å². The minimum atomic E-state index is -0.517. The van der Waals surface area contributed by atoms with Crippen molar-refractivity contribution in [3.05, 3.63) is 76.6 Å². The van der Waals surface area contributed by atoms with Gasteiger partial charge in [0, 0.05) is 45.1 Å². The van der Waals surface area contributed by atoms with Gasteiger partial charge in [0.15, 0.2) is 6.73 Å². The molecule has 39 heavy (non-hydrogen) atoms. The normalized spacial score (nSPS) is 18.6. The number of carbonyl (C=O) groups excluding carboxylic acids is 2. The van der Waals surface area contributed by atoms with Crippen molar-refractivity contribution in [3.63, 3.8) is 0 Å².